The van der Waals surface area contributed by atoms with Gasteiger partial charge in [0.2, 0.25) is 0 Å². The Bertz CT molecular complexity index is 400. The van der Waals surface area contributed by atoms with E-state index in [2.05, 4.69) is 6.92 Å². The Morgan fingerprint density at radius 3 is 2.50 bits per heavy atom. The van der Waals surface area contributed by atoms with Crippen LogP contribution in [0.4, 0.5) is 0 Å². The van der Waals surface area contributed by atoms with Crippen molar-refractivity contribution in [3.05, 3.63) is 30.3 Å². The number of ketones is 1. The Hall–Kier alpha value is -0.960. The summed E-state index contributed by atoms with van der Waals surface area (Å²) in [6.45, 7) is 2.08. The molecule has 16 heavy (non-hydrogen) atoms. The van der Waals surface area contributed by atoms with Crippen molar-refractivity contribution >= 4 is 16.6 Å². The second-order valence-electron chi connectivity index (χ2n) is 4.45. The van der Waals surface area contributed by atoms with E-state index in [0.29, 0.717) is 12.3 Å². The normalized spacial score (nSPS) is 27.7. The Morgan fingerprint density at radius 2 is 1.88 bits per heavy atom. The fraction of sp³-hybridized carbons (Fsp3) is 0.462. The van der Waals surface area contributed by atoms with E-state index in [-0.39, 0.29) is 11.0 Å². The van der Waals surface area contributed by atoms with Crippen LogP contribution >= 0.6 is 0 Å². The Kier molecular flexibility index (Phi) is 3.54. The predicted octanol–water partition coefficient (Wildman–Crippen LogP) is 2.55. The predicted molar refractivity (Wildman–Crippen MR) is 64.7 cm³/mol. The van der Waals surface area contributed by atoms with Gasteiger partial charge in [0.15, 0.2) is 0 Å². The van der Waals surface area contributed by atoms with Crippen LogP contribution in [0.1, 0.15) is 26.2 Å². The van der Waals surface area contributed by atoms with Crippen LogP contribution in [0.5, 0.6) is 0 Å². The van der Waals surface area contributed by atoms with Gasteiger partial charge >= 0.3 is 0 Å². The summed E-state index contributed by atoms with van der Waals surface area (Å²) in [5, 5.41) is -0.279. The molecule has 2 rings (SSSR count). The number of rotatable bonds is 2. The van der Waals surface area contributed by atoms with Gasteiger partial charge in [-0.15, -0.1) is 0 Å². The van der Waals surface area contributed by atoms with Crippen LogP contribution < -0.4 is 0 Å². The molecular formula is C13H16O2S. The number of carbonyl (C=O) groups is 1. The molecule has 0 N–H and O–H groups in total. The lowest BCUT2D eigenvalue weighted by Crippen LogP contribution is -2.32. The number of hydrogen-bond donors (Lipinski definition) is 0. The fourth-order valence-electron chi connectivity index (χ4n) is 2.12. The summed E-state index contributed by atoms with van der Waals surface area (Å²) >= 11 is 0. The third-order valence-electron chi connectivity index (χ3n) is 3.06. The molecule has 1 saturated carbocycles. The molecule has 0 unspecified atom stereocenters. The number of benzene rings is 1. The molecule has 0 radical (unpaired) electrons. The molecule has 0 aliphatic heterocycles. The summed E-state index contributed by atoms with van der Waals surface area (Å²) in [5.41, 5.74) is 0. The van der Waals surface area contributed by atoms with Crippen LogP contribution in [0.25, 0.3) is 0 Å². The zero-order chi connectivity index (χ0) is 11.5. The summed E-state index contributed by atoms with van der Waals surface area (Å²) in [6, 6.07) is 9.29. The van der Waals surface area contributed by atoms with E-state index in [0.717, 1.165) is 17.7 Å². The van der Waals surface area contributed by atoms with E-state index in [1.807, 2.05) is 30.3 Å². The van der Waals surface area contributed by atoms with Gasteiger partial charge < -0.3 is 0 Å². The Labute approximate surface area is 98.5 Å². The van der Waals surface area contributed by atoms with Gasteiger partial charge in [0.25, 0.3) is 0 Å². The van der Waals surface area contributed by atoms with Crippen molar-refractivity contribution in [3.8, 4) is 0 Å². The van der Waals surface area contributed by atoms with E-state index in [1.165, 1.54) is 0 Å². The molecule has 0 aromatic heterocycles. The van der Waals surface area contributed by atoms with Crippen molar-refractivity contribution in [3.63, 3.8) is 0 Å². The Balaban J connectivity index is 2.14. The minimum atomic E-state index is -1.16. The van der Waals surface area contributed by atoms with Crippen LogP contribution in [0.2, 0.25) is 0 Å². The van der Waals surface area contributed by atoms with Crippen molar-refractivity contribution < 1.29 is 9.00 Å². The van der Waals surface area contributed by atoms with Crippen LogP contribution in [0, 0.1) is 5.92 Å². The lowest BCUT2D eigenvalue weighted by atomic mass is 9.89. The van der Waals surface area contributed by atoms with E-state index >= 15 is 0 Å². The minimum absolute atomic E-state index is 0.168. The molecule has 0 amide bonds. The second-order valence-corrected chi connectivity index (χ2v) is 6.09. The fourth-order valence-corrected chi connectivity index (χ4v) is 3.56. The number of carbonyl (C=O) groups excluding carboxylic acids is 1. The van der Waals surface area contributed by atoms with E-state index in [4.69, 9.17) is 0 Å². The first-order valence-electron chi connectivity index (χ1n) is 5.67. The minimum Gasteiger partial charge on any atom is -0.298 e. The number of hydrogen-bond acceptors (Lipinski definition) is 2. The highest BCUT2D eigenvalue weighted by Crippen LogP contribution is 2.26. The molecular weight excluding hydrogens is 220 g/mol. The first kappa shape index (κ1) is 11.5. The highest BCUT2D eigenvalue weighted by Gasteiger charge is 2.31. The van der Waals surface area contributed by atoms with Crippen LogP contribution in [-0.4, -0.2) is 15.2 Å². The van der Waals surface area contributed by atoms with Crippen LogP contribution in [0.3, 0.4) is 0 Å². The molecule has 1 aliphatic rings. The van der Waals surface area contributed by atoms with Gasteiger partial charge in [0.1, 0.15) is 5.78 Å². The molecule has 3 atom stereocenters. The molecule has 3 heteroatoms. The largest absolute Gasteiger partial charge is 0.298 e. The van der Waals surface area contributed by atoms with Gasteiger partial charge in [-0.25, -0.2) is 0 Å². The monoisotopic (exact) mass is 236 g/mol. The Morgan fingerprint density at radius 1 is 1.19 bits per heavy atom. The molecule has 0 heterocycles. The third kappa shape index (κ3) is 2.40. The molecule has 1 aromatic rings. The quantitative estimate of drug-likeness (QED) is 0.791. The third-order valence-corrected chi connectivity index (χ3v) is 4.82. The first-order chi connectivity index (χ1) is 7.68. The van der Waals surface area contributed by atoms with Crippen molar-refractivity contribution in [2.24, 2.45) is 5.92 Å². The smallest absolute Gasteiger partial charge is 0.149 e. The standard InChI is InChI=1S/C13H16O2S/c1-10-7-8-13(12(14)9-10)16(15)11-5-3-2-4-6-11/h2-6,10,13H,7-9H2,1H3/t10-,13+,16+/m0/s1. The zero-order valence-electron chi connectivity index (χ0n) is 9.39. The SMILES string of the molecule is C[C@H]1CC[C@@H]([S@](=O)c2ccccc2)C(=O)C1. The first-order valence-corrected chi connectivity index (χ1v) is 6.88. The maximum absolute atomic E-state index is 12.2. The zero-order valence-corrected chi connectivity index (χ0v) is 10.2. The van der Waals surface area contributed by atoms with E-state index < -0.39 is 10.8 Å². The van der Waals surface area contributed by atoms with Crippen molar-refractivity contribution in [1.29, 1.82) is 0 Å². The van der Waals surface area contributed by atoms with E-state index in [1.54, 1.807) is 0 Å². The average molecular weight is 236 g/mol. The van der Waals surface area contributed by atoms with Crippen molar-refractivity contribution in [1.82, 2.24) is 0 Å². The van der Waals surface area contributed by atoms with E-state index in [9.17, 15) is 9.00 Å². The highest BCUT2D eigenvalue weighted by molar-refractivity contribution is 7.86. The molecule has 0 spiro atoms. The van der Waals surface area contributed by atoms with Gasteiger partial charge in [0.05, 0.1) is 16.0 Å². The van der Waals surface area contributed by atoms with Crippen LogP contribution in [0.15, 0.2) is 35.2 Å². The van der Waals surface area contributed by atoms with Crippen molar-refractivity contribution in [2.45, 2.75) is 36.3 Å². The summed E-state index contributed by atoms with van der Waals surface area (Å²) in [6.07, 6.45) is 2.36. The summed E-state index contributed by atoms with van der Waals surface area (Å²) in [5.74, 6) is 0.623. The summed E-state index contributed by atoms with van der Waals surface area (Å²) < 4.78 is 12.2. The summed E-state index contributed by atoms with van der Waals surface area (Å²) in [4.78, 5) is 12.6. The van der Waals surface area contributed by atoms with Crippen molar-refractivity contribution in [2.75, 3.05) is 0 Å². The van der Waals surface area contributed by atoms with Gasteiger partial charge in [-0.2, -0.15) is 0 Å². The molecule has 86 valence electrons. The van der Waals surface area contributed by atoms with Crippen LogP contribution in [-0.2, 0) is 15.6 Å². The second kappa shape index (κ2) is 4.91. The van der Waals surface area contributed by atoms with Gasteiger partial charge in [-0.3, -0.25) is 9.00 Å². The van der Waals surface area contributed by atoms with Gasteiger partial charge in [-0.05, 0) is 30.9 Å². The maximum atomic E-state index is 12.2. The molecule has 2 nitrogen and oxygen atoms in total. The highest BCUT2D eigenvalue weighted by atomic mass is 32.2. The molecule has 1 aromatic carbocycles. The van der Waals surface area contributed by atoms with Gasteiger partial charge in [0, 0.05) is 11.3 Å². The molecule has 1 aliphatic carbocycles. The maximum Gasteiger partial charge on any atom is 0.149 e. The molecule has 1 fully saturated rings. The molecule has 0 saturated heterocycles. The topological polar surface area (TPSA) is 34.1 Å². The average Bonchev–Trinajstić information content (AvgIpc) is 2.29. The molecule has 0 bridgehead atoms. The lowest BCUT2D eigenvalue weighted by Gasteiger charge is -2.24. The number of Topliss-reactive ketones (excluding diaryl/α,β-unsaturated/α-hetero) is 1. The van der Waals surface area contributed by atoms with Gasteiger partial charge in [-0.1, -0.05) is 25.1 Å². The summed E-state index contributed by atoms with van der Waals surface area (Å²) in [7, 11) is -1.16. The lowest BCUT2D eigenvalue weighted by molar-refractivity contribution is -0.120.